The molecule has 120 valence electrons. The van der Waals surface area contributed by atoms with Crippen LogP contribution in [-0.2, 0) is 0 Å². The van der Waals surface area contributed by atoms with Crippen LogP contribution >= 0.6 is 11.6 Å². The largest absolute Gasteiger partial charge is 0.493 e. The summed E-state index contributed by atoms with van der Waals surface area (Å²) in [6.45, 7) is 2.00. The number of nitrogens with one attached hydrogen (secondary N) is 1. The Labute approximate surface area is 141 Å². The Morgan fingerprint density at radius 3 is 2.83 bits per heavy atom. The van der Waals surface area contributed by atoms with Crippen molar-refractivity contribution in [1.82, 2.24) is 9.97 Å². The van der Waals surface area contributed by atoms with Crippen molar-refractivity contribution in [2.24, 2.45) is 0 Å². The van der Waals surface area contributed by atoms with Crippen molar-refractivity contribution in [3.8, 4) is 17.1 Å². The van der Waals surface area contributed by atoms with E-state index in [2.05, 4.69) is 9.97 Å². The van der Waals surface area contributed by atoms with Gasteiger partial charge in [0.15, 0.2) is 11.3 Å². The van der Waals surface area contributed by atoms with Gasteiger partial charge in [-0.15, -0.1) is 0 Å². The number of rotatable bonds is 2. The first-order chi connectivity index (χ1) is 11.5. The molecule has 0 atom stereocenters. The first kappa shape index (κ1) is 14.8. The molecule has 0 aliphatic heterocycles. The van der Waals surface area contributed by atoms with Gasteiger partial charge in [-0.25, -0.2) is 9.78 Å². The summed E-state index contributed by atoms with van der Waals surface area (Å²) in [6.07, 6.45) is 0. The quantitative estimate of drug-likeness (QED) is 0.552. The van der Waals surface area contributed by atoms with Crippen LogP contribution in [0.25, 0.3) is 33.4 Å². The molecule has 6 heteroatoms. The summed E-state index contributed by atoms with van der Waals surface area (Å²) in [5.74, 6) is 0.881. The fraction of sp³-hybridized carbons (Fsp3) is 0.111. The lowest BCUT2D eigenvalue weighted by Gasteiger charge is -2.05. The SMILES string of the molecule is COc1cc(Cl)cc2cc(-c3nc4ccc(C)cc4[nH]3)c(=O)oc12. The van der Waals surface area contributed by atoms with Crippen molar-refractivity contribution in [2.75, 3.05) is 7.11 Å². The van der Waals surface area contributed by atoms with Gasteiger partial charge in [-0.05, 0) is 36.8 Å². The Kier molecular flexibility index (Phi) is 3.32. The molecule has 4 aromatic rings. The normalized spacial score (nSPS) is 11.3. The maximum absolute atomic E-state index is 12.4. The van der Waals surface area contributed by atoms with Crippen molar-refractivity contribution < 1.29 is 9.15 Å². The van der Waals surface area contributed by atoms with E-state index in [1.807, 2.05) is 25.1 Å². The summed E-state index contributed by atoms with van der Waals surface area (Å²) in [5, 5.41) is 1.17. The van der Waals surface area contributed by atoms with Gasteiger partial charge in [-0.2, -0.15) is 0 Å². The van der Waals surface area contributed by atoms with Gasteiger partial charge in [-0.1, -0.05) is 17.7 Å². The lowest BCUT2D eigenvalue weighted by atomic mass is 10.1. The Bertz CT molecular complexity index is 1140. The van der Waals surface area contributed by atoms with E-state index in [4.69, 9.17) is 20.8 Å². The molecular formula is C18H13ClN2O3. The molecule has 0 saturated carbocycles. The third kappa shape index (κ3) is 2.34. The number of nitrogens with zero attached hydrogens (tertiary/aromatic N) is 1. The Morgan fingerprint density at radius 1 is 1.21 bits per heavy atom. The zero-order valence-corrected chi connectivity index (χ0v) is 13.8. The van der Waals surface area contributed by atoms with Crippen LogP contribution in [0.1, 0.15) is 5.56 Å². The number of aromatic nitrogens is 2. The lowest BCUT2D eigenvalue weighted by Crippen LogP contribution is -2.04. The van der Waals surface area contributed by atoms with Crippen LogP contribution in [0.4, 0.5) is 0 Å². The first-order valence-corrected chi connectivity index (χ1v) is 7.71. The average molecular weight is 341 g/mol. The summed E-state index contributed by atoms with van der Waals surface area (Å²) in [7, 11) is 1.50. The van der Waals surface area contributed by atoms with Crippen LogP contribution in [0, 0.1) is 6.92 Å². The fourth-order valence-electron chi connectivity index (χ4n) is 2.74. The van der Waals surface area contributed by atoms with Crippen LogP contribution in [0.3, 0.4) is 0 Å². The molecule has 1 N–H and O–H groups in total. The van der Waals surface area contributed by atoms with Crippen LogP contribution in [0.2, 0.25) is 5.02 Å². The van der Waals surface area contributed by atoms with Gasteiger partial charge in [0.25, 0.3) is 0 Å². The number of aryl methyl sites for hydroxylation is 1. The third-order valence-corrected chi connectivity index (χ3v) is 4.09. The summed E-state index contributed by atoms with van der Waals surface area (Å²) in [4.78, 5) is 20.1. The van der Waals surface area contributed by atoms with E-state index >= 15 is 0 Å². The minimum atomic E-state index is -0.487. The molecule has 24 heavy (non-hydrogen) atoms. The Hall–Kier alpha value is -2.79. The number of ether oxygens (including phenoxy) is 1. The van der Waals surface area contributed by atoms with Gasteiger partial charge in [0.1, 0.15) is 11.4 Å². The second-order valence-electron chi connectivity index (χ2n) is 5.58. The summed E-state index contributed by atoms with van der Waals surface area (Å²) in [5.41, 5.74) is 2.99. The Morgan fingerprint density at radius 2 is 2.04 bits per heavy atom. The van der Waals surface area contributed by atoms with E-state index in [0.717, 1.165) is 16.6 Å². The molecule has 5 nitrogen and oxygen atoms in total. The van der Waals surface area contributed by atoms with Crippen molar-refractivity contribution in [2.45, 2.75) is 6.92 Å². The van der Waals surface area contributed by atoms with Crippen molar-refractivity contribution in [1.29, 1.82) is 0 Å². The van der Waals surface area contributed by atoms with Gasteiger partial charge in [-0.3, -0.25) is 0 Å². The van der Waals surface area contributed by atoms with E-state index in [-0.39, 0.29) is 0 Å². The lowest BCUT2D eigenvalue weighted by molar-refractivity contribution is 0.407. The molecule has 4 rings (SSSR count). The van der Waals surface area contributed by atoms with Crippen molar-refractivity contribution >= 4 is 33.6 Å². The second-order valence-corrected chi connectivity index (χ2v) is 6.02. The number of halogens is 1. The number of hydrogen-bond acceptors (Lipinski definition) is 4. The Balaban J connectivity index is 1.98. The number of fused-ring (bicyclic) bond motifs is 2. The van der Waals surface area contributed by atoms with E-state index in [9.17, 15) is 4.79 Å². The molecule has 0 radical (unpaired) electrons. The monoisotopic (exact) mass is 340 g/mol. The molecule has 0 aliphatic rings. The topological polar surface area (TPSA) is 68.1 Å². The molecule has 0 aliphatic carbocycles. The van der Waals surface area contributed by atoms with Gasteiger partial charge in [0, 0.05) is 16.5 Å². The van der Waals surface area contributed by atoms with Crippen molar-refractivity contribution in [3.63, 3.8) is 0 Å². The van der Waals surface area contributed by atoms with Crippen LogP contribution in [0.5, 0.6) is 5.75 Å². The minimum Gasteiger partial charge on any atom is -0.493 e. The summed E-state index contributed by atoms with van der Waals surface area (Å²) < 4.78 is 10.7. The highest BCUT2D eigenvalue weighted by atomic mass is 35.5. The predicted molar refractivity (Wildman–Crippen MR) is 93.9 cm³/mol. The number of benzene rings is 2. The number of hydrogen-bond donors (Lipinski definition) is 1. The molecule has 0 fully saturated rings. The van der Waals surface area contributed by atoms with Gasteiger partial charge in [0.05, 0.1) is 18.1 Å². The second kappa shape index (κ2) is 5.39. The summed E-state index contributed by atoms with van der Waals surface area (Å²) in [6, 6.07) is 10.9. The zero-order chi connectivity index (χ0) is 16.8. The number of methoxy groups -OCH3 is 1. The van der Waals surface area contributed by atoms with Crippen molar-refractivity contribution in [3.05, 3.63) is 57.4 Å². The van der Waals surface area contributed by atoms with E-state index in [0.29, 0.717) is 33.1 Å². The van der Waals surface area contributed by atoms with Gasteiger partial charge >= 0.3 is 5.63 Å². The zero-order valence-electron chi connectivity index (χ0n) is 13.0. The highest BCUT2D eigenvalue weighted by Gasteiger charge is 2.15. The highest BCUT2D eigenvalue weighted by molar-refractivity contribution is 6.31. The van der Waals surface area contributed by atoms with Gasteiger partial charge < -0.3 is 14.1 Å². The number of aromatic amines is 1. The molecule has 0 unspecified atom stereocenters. The molecular weight excluding hydrogens is 328 g/mol. The van der Waals surface area contributed by atoms with Crippen LogP contribution in [-0.4, -0.2) is 17.1 Å². The third-order valence-electron chi connectivity index (χ3n) is 3.88. The highest BCUT2D eigenvalue weighted by Crippen LogP contribution is 2.31. The molecule has 0 spiro atoms. The summed E-state index contributed by atoms with van der Waals surface area (Å²) >= 11 is 6.10. The molecule has 2 aromatic heterocycles. The maximum atomic E-state index is 12.4. The molecule has 0 amide bonds. The minimum absolute atomic E-state index is 0.348. The molecule has 2 heterocycles. The fourth-order valence-corrected chi connectivity index (χ4v) is 2.95. The molecule has 0 saturated heterocycles. The van der Waals surface area contributed by atoms with Crippen LogP contribution in [0.15, 0.2) is 45.6 Å². The average Bonchev–Trinajstić information content (AvgIpc) is 2.96. The first-order valence-electron chi connectivity index (χ1n) is 7.33. The standard InChI is InChI=1S/C18H13ClN2O3/c1-9-3-4-13-14(5-9)21-17(20-13)12-7-10-6-11(19)8-15(23-2)16(10)24-18(12)22/h3-8H,1-2H3,(H,20,21). The molecule has 0 bridgehead atoms. The van der Waals surface area contributed by atoms with E-state index in [1.54, 1.807) is 18.2 Å². The van der Waals surface area contributed by atoms with E-state index < -0.39 is 5.63 Å². The van der Waals surface area contributed by atoms with Gasteiger partial charge in [0.2, 0.25) is 0 Å². The van der Waals surface area contributed by atoms with Crippen LogP contribution < -0.4 is 10.4 Å². The molecule has 2 aromatic carbocycles. The van der Waals surface area contributed by atoms with E-state index in [1.165, 1.54) is 7.11 Å². The smallest absolute Gasteiger partial charge is 0.347 e. The number of imidazole rings is 1. The maximum Gasteiger partial charge on any atom is 0.347 e. The predicted octanol–water partition coefficient (Wildman–Crippen LogP) is 4.31. The number of H-pyrrole nitrogens is 1.